The van der Waals surface area contributed by atoms with Gasteiger partial charge in [-0.2, -0.15) is 5.26 Å². The molecule has 2 aromatic rings. The van der Waals surface area contributed by atoms with Gasteiger partial charge in [-0.1, -0.05) is 12.1 Å². The van der Waals surface area contributed by atoms with Crippen LogP contribution in [0.1, 0.15) is 17.5 Å². The molecular formula is C16H15FN4O2. The maximum absolute atomic E-state index is 13.0. The minimum absolute atomic E-state index is 0.0685. The Labute approximate surface area is 132 Å². The first-order chi connectivity index (χ1) is 11.2. The van der Waals surface area contributed by atoms with Gasteiger partial charge in [-0.3, -0.25) is 4.79 Å². The molecule has 0 N–H and O–H groups in total. The second-order valence-electron chi connectivity index (χ2n) is 5.24. The Hall–Kier alpha value is -2.72. The van der Waals surface area contributed by atoms with Crippen molar-refractivity contribution in [1.29, 1.82) is 5.26 Å². The van der Waals surface area contributed by atoms with Crippen molar-refractivity contribution >= 4 is 5.91 Å². The summed E-state index contributed by atoms with van der Waals surface area (Å²) in [6, 6.07) is 8.03. The Balaban J connectivity index is 1.67. The van der Waals surface area contributed by atoms with Crippen molar-refractivity contribution < 1.29 is 13.9 Å². The highest BCUT2D eigenvalue weighted by atomic mass is 19.1. The van der Waals surface area contributed by atoms with Crippen LogP contribution in [-0.2, 0) is 16.1 Å². The van der Waals surface area contributed by atoms with E-state index in [1.165, 1.54) is 22.9 Å². The first-order valence-corrected chi connectivity index (χ1v) is 7.23. The average Bonchev–Trinajstić information content (AvgIpc) is 3.03. The van der Waals surface area contributed by atoms with Crippen LogP contribution in [0.4, 0.5) is 4.39 Å². The maximum Gasteiger partial charge on any atom is 0.242 e. The summed E-state index contributed by atoms with van der Waals surface area (Å²) in [5.41, 5.74) is 0.837. The zero-order valence-electron chi connectivity index (χ0n) is 12.4. The summed E-state index contributed by atoms with van der Waals surface area (Å²) in [6.07, 6.45) is 2.83. The number of halogens is 1. The largest absolute Gasteiger partial charge is 0.370 e. The fraction of sp³-hybridized carbons (Fsp3) is 0.312. The molecule has 3 rings (SSSR count). The summed E-state index contributed by atoms with van der Waals surface area (Å²) in [4.78, 5) is 18.0. The number of nitriles is 1. The second-order valence-corrected chi connectivity index (χ2v) is 5.24. The Morgan fingerprint density at radius 1 is 1.43 bits per heavy atom. The monoisotopic (exact) mass is 314 g/mol. The predicted molar refractivity (Wildman–Crippen MR) is 78.6 cm³/mol. The van der Waals surface area contributed by atoms with Crippen LogP contribution < -0.4 is 0 Å². The van der Waals surface area contributed by atoms with Gasteiger partial charge in [0.05, 0.1) is 13.2 Å². The molecule has 1 aromatic carbocycles. The van der Waals surface area contributed by atoms with Crippen LogP contribution in [0, 0.1) is 17.1 Å². The molecule has 1 fully saturated rings. The highest BCUT2D eigenvalue weighted by Gasteiger charge is 2.25. The van der Waals surface area contributed by atoms with Crippen molar-refractivity contribution in [3.63, 3.8) is 0 Å². The van der Waals surface area contributed by atoms with Crippen molar-refractivity contribution in [2.45, 2.75) is 12.6 Å². The van der Waals surface area contributed by atoms with Gasteiger partial charge < -0.3 is 14.2 Å². The average molecular weight is 314 g/mol. The van der Waals surface area contributed by atoms with Gasteiger partial charge >= 0.3 is 0 Å². The van der Waals surface area contributed by atoms with Gasteiger partial charge in [0, 0.05) is 18.9 Å². The molecule has 23 heavy (non-hydrogen) atoms. The molecule has 2 heterocycles. The van der Waals surface area contributed by atoms with E-state index in [-0.39, 0.29) is 30.2 Å². The summed E-state index contributed by atoms with van der Waals surface area (Å²) in [6.45, 7) is 1.38. The van der Waals surface area contributed by atoms with Crippen molar-refractivity contribution in [2.75, 3.05) is 19.7 Å². The van der Waals surface area contributed by atoms with Gasteiger partial charge in [0.25, 0.3) is 0 Å². The van der Waals surface area contributed by atoms with Crippen LogP contribution in [0.5, 0.6) is 0 Å². The lowest BCUT2D eigenvalue weighted by Gasteiger charge is -2.33. The van der Waals surface area contributed by atoms with E-state index in [1.807, 2.05) is 6.07 Å². The smallest absolute Gasteiger partial charge is 0.242 e. The van der Waals surface area contributed by atoms with Crippen LogP contribution in [0.3, 0.4) is 0 Å². The van der Waals surface area contributed by atoms with E-state index in [0.29, 0.717) is 19.7 Å². The number of benzene rings is 1. The second kappa shape index (κ2) is 6.58. The van der Waals surface area contributed by atoms with Gasteiger partial charge in [0.2, 0.25) is 11.7 Å². The van der Waals surface area contributed by atoms with Crippen LogP contribution in [0.2, 0.25) is 0 Å². The van der Waals surface area contributed by atoms with Crippen LogP contribution in [-0.4, -0.2) is 40.1 Å². The number of hydrogen-bond acceptors (Lipinski definition) is 4. The molecule has 1 aromatic heterocycles. The van der Waals surface area contributed by atoms with Crippen molar-refractivity contribution in [1.82, 2.24) is 14.5 Å². The van der Waals surface area contributed by atoms with Gasteiger partial charge in [-0.05, 0) is 17.7 Å². The molecule has 1 aliphatic rings. The molecule has 0 spiro atoms. The maximum atomic E-state index is 13.0. The van der Waals surface area contributed by atoms with E-state index < -0.39 is 0 Å². The third kappa shape index (κ3) is 3.38. The minimum Gasteiger partial charge on any atom is -0.370 e. The zero-order valence-corrected chi connectivity index (χ0v) is 12.4. The number of hydrogen-bond donors (Lipinski definition) is 0. The number of ether oxygens (including phenoxy) is 1. The lowest BCUT2D eigenvalue weighted by Crippen LogP contribution is -2.43. The number of imidazole rings is 1. The molecule has 1 saturated heterocycles. The van der Waals surface area contributed by atoms with Gasteiger partial charge in [-0.15, -0.1) is 0 Å². The predicted octanol–water partition coefficient (Wildman–Crippen LogP) is 1.49. The normalized spacial score (nSPS) is 17.7. The van der Waals surface area contributed by atoms with E-state index >= 15 is 0 Å². The molecule has 6 nitrogen and oxygen atoms in total. The fourth-order valence-corrected chi connectivity index (χ4v) is 2.55. The number of nitrogens with zero attached hydrogens (tertiary/aromatic N) is 4. The molecule has 0 bridgehead atoms. The number of aromatic nitrogens is 2. The summed E-state index contributed by atoms with van der Waals surface area (Å²) < 4.78 is 20.2. The third-order valence-corrected chi connectivity index (χ3v) is 3.78. The molecule has 1 amide bonds. The topological polar surface area (TPSA) is 71.2 Å². The van der Waals surface area contributed by atoms with E-state index in [4.69, 9.17) is 10.00 Å². The van der Waals surface area contributed by atoms with Gasteiger partial charge in [-0.25, -0.2) is 9.37 Å². The Morgan fingerprint density at radius 2 is 2.22 bits per heavy atom. The van der Waals surface area contributed by atoms with E-state index in [2.05, 4.69) is 4.98 Å². The van der Waals surface area contributed by atoms with Gasteiger partial charge in [0.1, 0.15) is 24.5 Å². The van der Waals surface area contributed by atoms with E-state index in [0.717, 1.165) is 5.56 Å². The molecule has 0 saturated carbocycles. The van der Waals surface area contributed by atoms with Crippen LogP contribution in [0.15, 0.2) is 36.7 Å². The zero-order chi connectivity index (χ0) is 16.2. The third-order valence-electron chi connectivity index (χ3n) is 3.78. The first-order valence-electron chi connectivity index (χ1n) is 7.23. The number of carbonyl (C=O) groups excluding carboxylic acids is 1. The minimum atomic E-state index is -0.304. The Bertz CT molecular complexity index is 735. The number of amides is 1. The van der Waals surface area contributed by atoms with E-state index in [1.54, 1.807) is 23.2 Å². The quantitative estimate of drug-likeness (QED) is 0.860. The number of carbonyl (C=O) groups is 1. The fourth-order valence-electron chi connectivity index (χ4n) is 2.55. The van der Waals surface area contributed by atoms with Crippen molar-refractivity contribution in [3.05, 3.63) is 53.9 Å². The first kappa shape index (κ1) is 15.2. The lowest BCUT2D eigenvalue weighted by atomic mass is 10.1. The summed E-state index contributed by atoms with van der Waals surface area (Å²) in [7, 11) is 0. The summed E-state index contributed by atoms with van der Waals surface area (Å²) >= 11 is 0. The lowest BCUT2D eigenvalue weighted by molar-refractivity contribution is -0.139. The molecule has 0 radical (unpaired) electrons. The molecule has 7 heteroatoms. The van der Waals surface area contributed by atoms with Crippen molar-refractivity contribution in [2.24, 2.45) is 0 Å². The SMILES string of the molecule is N#Cc1nccn1CC(=O)N1CCOC(c2ccc(F)cc2)C1. The molecule has 0 aliphatic carbocycles. The van der Waals surface area contributed by atoms with Gasteiger partial charge in [0.15, 0.2) is 0 Å². The number of morpholine rings is 1. The highest BCUT2D eigenvalue weighted by Crippen LogP contribution is 2.22. The Morgan fingerprint density at radius 3 is 2.96 bits per heavy atom. The van der Waals surface area contributed by atoms with Crippen LogP contribution in [0.25, 0.3) is 0 Å². The van der Waals surface area contributed by atoms with Crippen molar-refractivity contribution in [3.8, 4) is 6.07 Å². The summed E-state index contributed by atoms with van der Waals surface area (Å²) in [5, 5.41) is 8.93. The number of rotatable bonds is 3. The highest BCUT2D eigenvalue weighted by molar-refractivity contribution is 5.76. The standard InChI is InChI=1S/C16H15FN4O2/c17-13-3-1-12(2-4-13)14-10-21(7-8-23-14)16(22)11-20-6-5-19-15(20)9-18/h1-6,14H,7-8,10-11H2. The van der Waals surface area contributed by atoms with E-state index in [9.17, 15) is 9.18 Å². The Kier molecular flexibility index (Phi) is 4.35. The molecule has 1 atom stereocenters. The molecule has 118 valence electrons. The van der Waals surface area contributed by atoms with Crippen LogP contribution >= 0.6 is 0 Å². The summed E-state index contributed by atoms with van der Waals surface area (Å²) in [5.74, 6) is -0.196. The molecule has 1 aliphatic heterocycles. The molecular weight excluding hydrogens is 299 g/mol. The molecule has 1 unspecified atom stereocenters.